The first-order valence-electron chi connectivity index (χ1n) is 8.85. The van der Waals surface area contributed by atoms with Crippen molar-refractivity contribution < 1.29 is 32.6 Å². The quantitative estimate of drug-likeness (QED) is 0.499. The molecule has 1 aliphatic rings. The summed E-state index contributed by atoms with van der Waals surface area (Å²) in [5.41, 5.74) is -1.32. The van der Waals surface area contributed by atoms with Crippen LogP contribution in [0.3, 0.4) is 0 Å². The van der Waals surface area contributed by atoms with E-state index in [4.69, 9.17) is 4.74 Å². The van der Waals surface area contributed by atoms with Gasteiger partial charge in [-0.05, 0) is 38.8 Å². The van der Waals surface area contributed by atoms with Crippen molar-refractivity contribution >= 4 is 27.7 Å². The van der Waals surface area contributed by atoms with Gasteiger partial charge in [0.2, 0.25) is 9.84 Å². The number of carboxylic acid groups (broad SMARTS) is 1. The van der Waals surface area contributed by atoms with Crippen molar-refractivity contribution in [3.63, 3.8) is 0 Å². The Hall–Kier alpha value is -2.88. The van der Waals surface area contributed by atoms with E-state index in [2.05, 4.69) is 0 Å². The first kappa shape index (κ1) is 22.4. The van der Waals surface area contributed by atoms with Gasteiger partial charge >= 0.3 is 12.0 Å². The molecule has 0 spiro atoms. The average Bonchev–Trinajstić information content (AvgIpc) is 2.81. The second kappa shape index (κ2) is 8.24. The number of rotatable bonds is 8. The number of carbonyl (C=O) groups excluding carboxylic acids is 2. The van der Waals surface area contributed by atoms with Gasteiger partial charge in [-0.1, -0.05) is 12.1 Å². The highest BCUT2D eigenvalue weighted by Crippen LogP contribution is 2.28. The highest BCUT2D eigenvalue weighted by atomic mass is 32.2. The van der Waals surface area contributed by atoms with Gasteiger partial charge in [0.15, 0.2) is 0 Å². The number of sulfone groups is 1. The van der Waals surface area contributed by atoms with E-state index in [1.165, 1.54) is 37.3 Å². The molecule has 1 fully saturated rings. The minimum atomic E-state index is -4.07. The van der Waals surface area contributed by atoms with E-state index in [0.29, 0.717) is 5.41 Å². The van der Waals surface area contributed by atoms with Gasteiger partial charge < -0.3 is 14.7 Å². The number of urea groups is 1. The van der Waals surface area contributed by atoms with Crippen molar-refractivity contribution in [3.8, 4) is 5.75 Å². The van der Waals surface area contributed by atoms with Gasteiger partial charge in [0.25, 0.3) is 5.91 Å². The lowest BCUT2D eigenvalue weighted by Crippen LogP contribution is -2.41. The molecule has 1 aromatic carbocycles. The topological polar surface area (TPSA) is 121 Å². The second-order valence-corrected chi connectivity index (χ2v) is 8.87. The van der Waals surface area contributed by atoms with Gasteiger partial charge in [0.05, 0.1) is 7.11 Å². The molecule has 158 valence electrons. The molecule has 2 rings (SSSR count). The maximum Gasteiger partial charge on any atom is 0.332 e. The second-order valence-electron chi connectivity index (χ2n) is 7.11. The summed E-state index contributed by atoms with van der Waals surface area (Å²) in [6, 6.07) is 5.42. The van der Waals surface area contributed by atoms with Crippen LogP contribution in [0.2, 0.25) is 0 Å². The summed E-state index contributed by atoms with van der Waals surface area (Å²) >= 11 is 0. The first-order valence-corrected chi connectivity index (χ1v) is 10.4. The lowest BCUT2D eigenvalue weighted by molar-refractivity contribution is -0.132. The Labute approximate surface area is 169 Å². The number of methoxy groups -OCH3 is 1. The number of hydrogen-bond donors (Lipinski definition) is 1. The van der Waals surface area contributed by atoms with E-state index in [0.717, 1.165) is 4.90 Å². The van der Waals surface area contributed by atoms with Crippen molar-refractivity contribution in [1.29, 1.82) is 0 Å². The predicted molar refractivity (Wildman–Crippen MR) is 104 cm³/mol. The Balaban J connectivity index is 2.18. The molecule has 29 heavy (non-hydrogen) atoms. The number of benzene rings is 1. The number of carboxylic acids is 1. The van der Waals surface area contributed by atoms with Crippen LogP contribution < -0.4 is 4.74 Å². The molecular formula is C19H24N2O7S. The maximum atomic E-state index is 12.6. The standard InChI is InChI=1S/C19H24N2O7S/c1-19(2)17(24)21(18(25)20(19)3)11-7-8-13(16(22)23)12-29(26,27)15-10-6-5-9-14(15)28-4/h5-6,9-10,12H,7-8,11H2,1-4H3,(H,22,23). The molecule has 9 nitrogen and oxygen atoms in total. The number of hydrogen-bond acceptors (Lipinski definition) is 6. The monoisotopic (exact) mass is 424 g/mol. The molecule has 0 saturated carbocycles. The summed E-state index contributed by atoms with van der Waals surface area (Å²) in [5, 5.41) is 10.1. The zero-order chi connectivity index (χ0) is 22.0. The van der Waals surface area contributed by atoms with Crippen LogP contribution in [-0.2, 0) is 19.4 Å². The highest BCUT2D eigenvalue weighted by Gasteiger charge is 2.48. The summed E-state index contributed by atoms with van der Waals surface area (Å²) in [4.78, 5) is 38.4. The highest BCUT2D eigenvalue weighted by molar-refractivity contribution is 7.94. The van der Waals surface area contributed by atoms with Crippen molar-refractivity contribution in [2.45, 2.75) is 37.1 Å². The Morgan fingerprint density at radius 2 is 1.86 bits per heavy atom. The maximum absolute atomic E-state index is 12.6. The smallest absolute Gasteiger partial charge is 0.332 e. The minimum Gasteiger partial charge on any atom is -0.495 e. The largest absolute Gasteiger partial charge is 0.495 e. The zero-order valence-electron chi connectivity index (χ0n) is 16.7. The molecule has 1 N–H and O–H groups in total. The summed E-state index contributed by atoms with van der Waals surface area (Å²) in [5.74, 6) is -1.67. The van der Waals surface area contributed by atoms with Crippen LogP contribution in [0.25, 0.3) is 0 Å². The van der Waals surface area contributed by atoms with Gasteiger partial charge in [-0.25, -0.2) is 18.0 Å². The van der Waals surface area contributed by atoms with Gasteiger partial charge in [-0.2, -0.15) is 0 Å². The third kappa shape index (κ3) is 4.42. The molecule has 0 atom stereocenters. The van der Waals surface area contributed by atoms with E-state index in [9.17, 15) is 27.9 Å². The summed E-state index contributed by atoms with van der Waals surface area (Å²) in [6.07, 6.45) is -0.0219. The number of aliphatic carboxylic acids is 1. The molecule has 0 aliphatic carbocycles. The molecule has 3 amide bonds. The molecule has 0 bridgehead atoms. The van der Waals surface area contributed by atoms with E-state index in [1.807, 2.05) is 0 Å². The fourth-order valence-electron chi connectivity index (χ4n) is 2.93. The average molecular weight is 424 g/mol. The number of ether oxygens (including phenoxy) is 1. The lowest BCUT2D eigenvalue weighted by Gasteiger charge is -2.22. The van der Waals surface area contributed by atoms with E-state index in [-0.39, 0.29) is 41.5 Å². The molecule has 10 heteroatoms. The predicted octanol–water partition coefficient (Wildman–Crippen LogP) is 1.89. The molecule has 0 radical (unpaired) electrons. The first-order chi connectivity index (χ1) is 13.4. The summed E-state index contributed by atoms with van der Waals surface area (Å²) < 4.78 is 30.3. The van der Waals surface area contributed by atoms with Crippen LogP contribution in [0.5, 0.6) is 5.75 Å². The molecule has 1 heterocycles. The van der Waals surface area contributed by atoms with Gasteiger partial charge in [0, 0.05) is 24.6 Å². The van der Waals surface area contributed by atoms with Crippen LogP contribution in [0.4, 0.5) is 4.79 Å². The number of amides is 3. The van der Waals surface area contributed by atoms with E-state index >= 15 is 0 Å². The van der Waals surface area contributed by atoms with Crippen LogP contribution in [0.1, 0.15) is 26.7 Å². The fraction of sp³-hybridized carbons (Fsp3) is 0.421. The molecule has 1 saturated heterocycles. The van der Waals surface area contributed by atoms with Crippen molar-refractivity contribution in [1.82, 2.24) is 9.80 Å². The van der Waals surface area contributed by atoms with Crippen molar-refractivity contribution in [2.75, 3.05) is 20.7 Å². The Morgan fingerprint density at radius 3 is 2.38 bits per heavy atom. The Morgan fingerprint density at radius 1 is 1.24 bits per heavy atom. The number of nitrogens with zero attached hydrogens (tertiary/aromatic N) is 2. The SMILES string of the molecule is COc1ccccc1S(=O)(=O)C=C(CCCN1C(=O)N(C)C(C)(C)C1=O)C(=O)O. The number of carbonyl (C=O) groups is 3. The molecule has 0 unspecified atom stereocenters. The molecule has 1 aromatic rings. The van der Waals surface area contributed by atoms with Crippen molar-refractivity contribution in [2.24, 2.45) is 0 Å². The summed E-state index contributed by atoms with van der Waals surface area (Å²) in [6.45, 7) is 3.23. The lowest BCUT2D eigenvalue weighted by atomic mass is 10.0. The third-order valence-electron chi connectivity index (χ3n) is 4.90. The van der Waals surface area contributed by atoms with E-state index in [1.54, 1.807) is 19.9 Å². The molecular weight excluding hydrogens is 400 g/mol. The van der Waals surface area contributed by atoms with Gasteiger partial charge in [-0.3, -0.25) is 9.69 Å². The number of likely N-dealkylation sites (N-methyl/N-ethyl adjacent to an activating group) is 1. The number of imide groups is 1. The molecule has 0 aromatic heterocycles. The van der Waals surface area contributed by atoms with Crippen LogP contribution in [0, 0.1) is 0 Å². The van der Waals surface area contributed by atoms with Crippen LogP contribution in [-0.4, -0.2) is 67.5 Å². The van der Waals surface area contributed by atoms with Crippen molar-refractivity contribution in [3.05, 3.63) is 35.2 Å². The third-order valence-corrected chi connectivity index (χ3v) is 6.45. The van der Waals surface area contributed by atoms with Gasteiger partial charge in [0.1, 0.15) is 16.2 Å². The Kier molecular flexibility index (Phi) is 6.37. The zero-order valence-corrected chi connectivity index (χ0v) is 17.5. The van der Waals surface area contributed by atoms with Gasteiger partial charge in [-0.15, -0.1) is 0 Å². The van der Waals surface area contributed by atoms with Crippen LogP contribution in [0.15, 0.2) is 40.1 Å². The Bertz CT molecular complexity index is 967. The fourth-order valence-corrected chi connectivity index (χ4v) is 4.35. The molecule has 1 aliphatic heterocycles. The summed E-state index contributed by atoms with van der Waals surface area (Å²) in [7, 11) is -1.23. The van der Waals surface area contributed by atoms with Crippen LogP contribution >= 0.6 is 0 Å². The minimum absolute atomic E-state index is 0.00916. The number of para-hydroxylation sites is 1. The normalized spacial score (nSPS) is 17.0. The van der Waals surface area contributed by atoms with E-state index < -0.39 is 27.4 Å².